The summed E-state index contributed by atoms with van der Waals surface area (Å²) in [5.41, 5.74) is -0.134. The lowest BCUT2D eigenvalue weighted by molar-refractivity contribution is -0.184. The van der Waals surface area contributed by atoms with Crippen LogP contribution >= 0.6 is 0 Å². The van der Waals surface area contributed by atoms with Gasteiger partial charge in [-0.15, -0.1) is 0 Å². The number of likely N-dealkylation sites (tertiary alicyclic amines) is 1. The molecule has 1 N–H and O–H groups in total. The summed E-state index contributed by atoms with van der Waals surface area (Å²) >= 11 is 0. The van der Waals surface area contributed by atoms with Crippen molar-refractivity contribution in [2.24, 2.45) is 5.92 Å². The monoisotopic (exact) mass is 332 g/mol. The van der Waals surface area contributed by atoms with Crippen molar-refractivity contribution < 1.29 is 27.2 Å². The number of amides is 2. The van der Waals surface area contributed by atoms with Crippen molar-refractivity contribution in [3.8, 4) is 0 Å². The summed E-state index contributed by atoms with van der Waals surface area (Å²) in [6, 6.07) is 3.33. The van der Waals surface area contributed by atoms with Gasteiger partial charge in [0.05, 0.1) is 11.6 Å². The molecule has 1 heterocycles. The van der Waals surface area contributed by atoms with Gasteiger partial charge in [0, 0.05) is 25.6 Å². The van der Waals surface area contributed by atoms with Crippen LogP contribution in [-0.2, 0) is 4.79 Å². The van der Waals surface area contributed by atoms with E-state index in [0.717, 1.165) is 17.0 Å². The Morgan fingerprint density at radius 2 is 2.00 bits per heavy atom. The zero-order chi connectivity index (χ0) is 17.2. The number of carbonyl (C=O) groups excluding carboxylic acids is 2. The van der Waals surface area contributed by atoms with Crippen LogP contribution in [0.3, 0.4) is 0 Å². The van der Waals surface area contributed by atoms with E-state index in [1.54, 1.807) is 0 Å². The average molecular weight is 332 g/mol. The Kier molecular flexibility index (Phi) is 4.91. The third kappa shape index (κ3) is 4.20. The summed E-state index contributed by atoms with van der Waals surface area (Å²) in [4.78, 5) is 24.5. The van der Waals surface area contributed by atoms with Gasteiger partial charge in [-0.3, -0.25) is 9.59 Å². The fourth-order valence-electron chi connectivity index (χ4n) is 2.56. The number of anilines is 1. The number of piperidine rings is 1. The summed E-state index contributed by atoms with van der Waals surface area (Å²) in [5, 5.41) is 2.24. The standard InChI is InChI=1S/C15H16F4N2O2/c1-9(22)20-13-7-10(4-5-12(13)16)14(23)21-6-2-3-11(8-21)15(17,18)19/h4-5,7,11H,2-3,6,8H2,1H3,(H,20,22)/t11-/m1/s1. The van der Waals surface area contributed by atoms with Crippen LogP contribution in [0.25, 0.3) is 0 Å². The van der Waals surface area contributed by atoms with E-state index in [1.807, 2.05) is 0 Å². The Labute approximate surface area is 130 Å². The maximum absolute atomic E-state index is 13.6. The van der Waals surface area contributed by atoms with Crippen molar-refractivity contribution in [3.63, 3.8) is 0 Å². The summed E-state index contributed by atoms with van der Waals surface area (Å²) in [6.07, 6.45) is -4.09. The van der Waals surface area contributed by atoms with Crippen LogP contribution in [0.15, 0.2) is 18.2 Å². The van der Waals surface area contributed by atoms with Gasteiger partial charge in [-0.2, -0.15) is 13.2 Å². The van der Waals surface area contributed by atoms with Crippen molar-refractivity contribution in [1.29, 1.82) is 0 Å². The molecule has 1 aliphatic heterocycles. The highest BCUT2D eigenvalue weighted by Crippen LogP contribution is 2.33. The van der Waals surface area contributed by atoms with Crippen LogP contribution in [0.5, 0.6) is 0 Å². The molecule has 2 amide bonds. The van der Waals surface area contributed by atoms with Gasteiger partial charge in [0.25, 0.3) is 5.91 Å². The number of alkyl halides is 3. The molecule has 1 atom stereocenters. The van der Waals surface area contributed by atoms with E-state index in [0.29, 0.717) is 0 Å². The smallest absolute Gasteiger partial charge is 0.338 e. The van der Waals surface area contributed by atoms with Crippen LogP contribution in [0.2, 0.25) is 0 Å². The molecule has 0 saturated carbocycles. The van der Waals surface area contributed by atoms with Gasteiger partial charge in [0.15, 0.2) is 0 Å². The number of nitrogens with zero attached hydrogens (tertiary/aromatic N) is 1. The molecular formula is C15H16F4N2O2. The van der Waals surface area contributed by atoms with E-state index < -0.39 is 36.3 Å². The third-order valence-corrected chi connectivity index (χ3v) is 3.70. The molecule has 4 nitrogen and oxygen atoms in total. The van der Waals surface area contributed by atoms with Crippen molar-refractivity contribution in [1.82, 2.24) is 4.90 Å². The SMILES string of the molecule is CC(=O)Nc1cc(C(=O)N2CCC[C@@H](C(F)(F)F)C2)ccc1F. The lowest BCUT2D eigenvalue weighted by Gasteiger charge is -2.33. The highest BCUT2D eigenvalue weighted by Gasteiger charge is 2.42. The molecule has 1 aliphatic rings. The number of rotatable bonds is 2. The van der Waals surface area contributed by atoms with Crippen molar-refractivity contribution in [3.05, 3.63) is 29.6 Å². The molecular weight excluding hydrogens is 316 g/mol. The van der Waals surface area contributed by atoms with Crippen LogP contribution in [0, 0.1) is 11.7 Å². The summed E-state index contributed by atoms with van der Waals surface area (Å²) < 4.78 is 52.0. The van der Waals surface area contributed by atoms with Gasteiger partial charge < -0.3 is 10.2 Å². The second-order valence-electron chi connectivity index (χ2n) is 5.51. The maximum atomic E-state index is 13.6. The molecule has 0 aliphatic carbocycles. The Balaban J connectivity index is 2.18. The Morgan fingerprint density at radius 3 is 2.61 bits per heavy atom. The summed E-state index contributed by atoms with van der Waals surface area (Å²) in [7, 11) is 0. The molecule has 0 aromatic heterocycles. The quantitative estimate of drug-likeness (QED) is 0.846. The molecule has 1 aromatic rings. The van der Waals surface area contributed by atoms with E-state index in [-0.39, 0.29) is 30.6 Å². The zero-order valence-corrected chi connectivity index (χ0v) is 12.4. The molecule has 126 valence electrons. The van der Waals surface area contributed by atoms with Crippen LogP contribution < -0.4 is 5.32 Å². The first kappa shape index (κ1) is 17.2. The highest BCUT2D eigenvalue weighted by molar-refractivity contribution is 5.97. The van der Waals surface area contributed by atoms with Gasteiger partial charge in [-0.1, -0.05) is 0 Å². The Bertz CT molecular complexity index is 616. The van der Waals surface area contributed by atoms with Gasteiger partial charge in [0.2, 0.25) is 5.91 Å². The number of halogens is 4. The lowest BCUT2D eigenvalue weighted by atomic mass is 9.97. The van der Waals surface area contributed by atoms with Crippen LogP contribution in [0.1, 0.15) is 30.1 Å². The van der Waals surface area contributed by atoms with E-state index in [9.17, 15) is 27.2 Å². The molecule has 1 fully saturated rings. The van der Waals surface area contributed by atoms with E-state index in [2.05, 4.69) is 5.32 Å². The number of carbonyl (C=O) groups is 2. The summed E-state index contributed by atoms with van der Waals surface area (Å²) in [5.74, 6) is -3.38. The number of nitrogens with one attached hydrogen (secondary N) is 1. The summed E-state index contributed by atoms with van der Waals surface area (Å²) in [6.45, 7) is 1.000. The molecule has 0 bridgehead atoms. The molecule has 0 radical (unpaired) electrons. The predicted octanol–water partition coefficient (Wildman–Crippen LogP) is 3.20. The van der Waals surface area contributed by atoms with Gasteiger partial charge in [-0.05, 0) is 31.0 Å². The minimum absolute atomic E-state index is 0.00611. The van der Waals surface area contributed by atoms with E-state index >= 15 is 0 Å². The fraction of sp³-hybridized carbons (Fsp3) is 0.467. The maximum Gasteiger partial charge on any atom is 0.393 e. The molecule has 0 spiro atoms. The fourth-order valence-corrected chi connectivity index (χ4v) is 2.56. The average Bonchev–Trinajstić information content (AvgIpc) is 2.47. The second-order valence-corrected chi connectivity index (χ2v) is 5.51. The minimum atomic E-state index is -4.34. The molecule has 0 unspecified atom stereocenters. The van der Waals surface area contributed by atoms with Crippen molar-refractivity contribution in [2.45, 2.75) is 25.9 Å². The van der Waals surface area contributed by atoms with E-state index in [1.165, 1.54) is 13.0 Å². The van der Waals surface area contributed by atoms with Gasteiger partial charge >= 0.3 is 6.18 Å². The topological polar surface area (TPSA) is 49.4 Å². The largest absolute Gasteiger partial charge is 0.393 e. The molecule has 8 heteroatoms. The number of benzene rings is 1. The Morgan fingerprint density at radius 1 is 1.30 bits per heavy atom. The van der Waals surface area contributed by atoms with Gasteiger partial charge in [-0.25, -0.2) is 4.39 Å². The number of hydrogen-bond acceptors (Lipinski definition) is 2. The second kappa shape index (κ2) is 6.55. The highest BCUT2D eigenvalue weighted by atomic mass is 19.4. The van der Waals surface area contributed by atoms with Crippen molar-refractivity contribution in [2.75, 3.05) is 18.4 Å². The normalized spacial score (nSPS) is 18.7. The van der Waals surface area contributed by atoms with Crippen molar-refractivity contribution >= 4 is 17.5 Å². The molecule has 2 rings (SSSR count). The third-order valence-electron chi connectivity index (χ3n) is 3.70. The first-order valence-electron chi connectivity index (χ1n) is 7.11. The predicted molar refractivity (Wildman–Crippen MR) is 75.4 cm³/mol. The zero-order valence-electron chi connectivity index (χ0n) is 12.4. The minimum Gasteiger partial charge on any atom is -0.338 e. The lowest BCUT2D eigenvalue weighted by Crippen LogP contribution is -2.44. The molecule has 1 saturated heterocycles. The first-order valence-corrected chi connectivity index (χ1v) is 7.11. The first-order chi connectivity index (χ1) is 10.7. The van der Waals surface area contributed by atoms with E-state index in [4.69, 9.17) is 0 Å². The van der Waals surface area contributed by atoms with Crippen LogP contribution in [-0.4, -0.2) is 36.0 Å². The molecule has 1 aromatic carbocycles. The van der Waals surface area contributed by atoms with Crippen LogP contribution in [0.4, 0.5) is 23.2 Å². The molecule has 23 heavy (non-hydrogen) atoms. The number of hydrogen-bond donors (Lipinski definition) is 1. The Hall–Kier alpha value is -2.12. The van der Waals surface area contributed by atoms with Gasteiger partial charge in [0.1, 0.15) is 5.82 Å².